The molecule has 0 atom stereocenters. The molecule has 13 heavy (non-hydrogen) atoms. The molecule has 0 fully saturated rings. The van der Waals surface area contributed by atoms with E-state index in [9.17, 15) is 0 Å². The summed E-state index contributed by atoms with van der Waals surface area (Å²) in [5.74, 6) is 0. The van der Waals surface area contributed by atoms with Gasteiger partial charge in [0.05, 0.1) is 0 Å². The van der Waals surface area contributed by atoms with Gasteiger partial charge in [-0.2, -0.15) is 0 Å². The van der Waals surface area contributed by atoms with Crippen molar-refractivity contribution in [2.45, 2.75) is 39.5 Å². The van der Waals surface area contributed by atoms with E-state index >= 15 is 0 Å². The van der Waals surface area contributed by atoms with E-state index in [0.717, 1.165) is 38.8 Å². The summed E-state index contributed by atoms with van der Waals surface area (Å²) in [5, 5.41) is 3.40. The molecule has 1 nitrogen and oxygen atoms in total. The number of rotatable bonds is 8. The number of hydrogen-bond acceptors (Lipinski definition) is 1. The summed E-state index contributed by atoms with van der Waals surface area (Å²) in [7, 11) is 0. The lowest BCUT2D eigenvalue weighted by Gasteiger charge is -1.98. The van der Waals surface area contributed by atoms with Crippen molar-refractivity contribution in [3.63, 3.8) is 0 Å². The topological polar surface area (TPSA) is 12.0 Å². The van der Waals surface area contributed by atoms with Crippen LogP contribution in [0.1, 0.15) is 39.5 Å². The second-order valence-electron chi connectivity index (χ2n) is 3.09. The van der Waals surface area contributed by atoms with Crippen LogP contribution < -0.4 is 5.32 Å². The standard InChI is InChI=1S/C12H23N/c1-3-5-7-9-11-13-12-10-8-6-4-2/h5-8,13H,3-4,9-12H2,1-2H3. The van der Waals surface area contributed by atoms with E-state index in [2.05, 4.69) is 43.5 Å². The summed E-state index contributed by atoms with van der Waals surface area (Å²) in [5.41, 5.74) is 0. The number of hydrogen-bond donors (Lipinski definition) is 1. The van der Waals surface area contributed by atoms with Gasteiger partial charge in [0.15, 0.2) is 0 Å². The minimum absolute atomic E-state index is 1.11. The third-order valence-electron chi connectivity index (χ3n) is 1.78. The van der Waals surface area contributed by atoms with Crippen LogP contribution in [0.4, 0.5) is 0 Å². The molecule has 0 aliphatic carbocycles. The van der Waals surface area contributed by atoms with Crippen LogP contribution in [0, 0.1) is 0 Å². The second kappa shape index (κ2) is 11.4. The monoisotopic (exact) mass is 181 g/mol. The molecule has 0 saturated carbocycles. The predicted octanol–water partition coefficient (Wildman–Crippen LogP) is 3.29. The van der Waals surface area contributed by atoms with Gasteiger partial charge in [-0.3, -0.25) is 0 Å². The fourth-order valence-electron chi connectivity index (χ4n) is 1.06. The number of allylic oxidation sites excluding steroid dienone is 2. The van der Waals surface area contributed by atoms with Gasteiger partial charge in [-0.05, 0) is 38.8 Å². The van der Waals surface area contributed by atoms with Crippen LogP contribution in [0.15, 0.2) is 24.3 Å². The van der Waals surface area contributed by atoms with Crippen LogP contribution in [0.5, 0.6) is 0 Å². The molecule has 0 rings (SSSR count). The molecular formula is C12H23N. The maximum atomic E-state index is 3.40. The fraction of sp³-hybridized carbons (Fsp3) is 0.667. The third kappa shape index (κ3) is 11.4. The second-order valence-corrected chi connectivity index (χ2v) is 3.09. The fourth-order valence-corrected chi connectivity index (χ4v) is 1.06. The Labute approximate surface area is 82.9 Å². The molecular weight excluding hydrogens is 158 g/mol. The molecule has 0 saturated heterocycles. The van der Waals surface area contributed by atoms with Crippen LogP contribution in [-0.2, 0) is 0 Å². The molecule has 0 heterocycles. The molecule has 76 valence electrons. The van der Waals surface area contributed by atoms with Crippen LogP contribution in [-0.4, -0.2) is 13.1 Å². The van der Waals surface area contributed by atoms with Gasteiger partial charge in [0, 0.05) is 0 Å². The van der Waals surface area contributed by atoms with E-state index < -0.39 is 0 Å². The van der Waals surface area contributed by atoms with Crippen molar-refractivity contribution >= 4 is 0 Å². The lowest BCUT2D eigenvalue weighted by Crippen LogP contribution is -2.15. The zero-order valence-corrected chi connectivity index (χ0v) is 9.05. The van der Waals surface area contributed by atoms with Crippen molar-refractivity contribution in [1.82, 2.24) is 5.32 Å². The minimum Gasteiger partial charge on any atom is -0.316 e. The van der Waals surface area contributed by atoms with Gasteiger partial charge >= 0.3 is 0 Å². The first-order valence-electron chi connectivity index (χ1n) is 5.42. The SMILES string of the molecule is CCC=CCCNCCC=CCC. The molecule has 0 unspecified atom stereocenters. The Bertz CT molecular complexity index is 120. The quantitative estimate of drug-likeness (QED) is 0.447. The van der Waals surface area contributed by atoms with E-state index in [1.807, 2.05) is 0 Å². The zero-order chi connectivity index (χ0) is 9.78. The van der Waals surface area contributed by atoms with Crippen LogP contribution in [0.3, 0.4) is 0 Å². The van der Waals surface area contributed by atoms with Crippen LogP contribution in [0.2, 0.25) is 0 Å². The molecule has 0 amide bonds. The maximum absolute atomic E-state index is 3.40. The first kappa shape index (κ1) is 12.4. The third-order valence-corrected chi connectivity index (χ3v) is 1.78. The smallest absolute Gasteiger partial charge is 0.00141 e. The summed E-state index contributed by atoms with van der Waals surface area (Å²) < 4.78 is 0. The van der Waals surface area contributed by atoms with Crippen molar-refractivity contribution < 1.29 is 0 Å². The van der Waals surface area contributed by atoms with E-state index in [-0.39, 0.29) is 0 Å². The molecule has 0 aliphatic heterocycles. The van der Waals surface area contributed by atoms with Crippen molar-refractivity contribution in [3.05, 3.63) is 24.3 Å². The molecule has 0 aromatic carbocycles. The largest absolute Gasteiger partial charge is 0.316 e. The summed E-state index contributed by atoms with van der Waals surface area (Å²) in [6, 6.07) is 0. The summed E-state index contributed by atoms with van der Waals surface area (Å²) in [4.78, 5) is 0. The first-order chi connectivity index (χ1) is 6.41. The van der Waals surface area contributed by atoms with Gasteiger partial charge in [-0.1, -0.05) is 38.2 Å². The molecule has 1 heteroatoms. The van der Waals surface area contributed by atoms with E-state index in [4.69, 9.17) is 0 Å². The molecule has 1 N–H and O–H groups in total. The van der Waals surface area contributed by atoms with Gasteiger partial charge in [0.1, 0.15) is 0 Å². The Hall–Kier alpha value is -0.560. The minimum atomic E-state index is 1.11. The Morgan fingerprint density at radius 3 is 1.62 bits per heavy atom. The zero-order valence-electron chi connectivity index (χ0n) is 9.05. The highest BCUT2D eigenvalue weighted by atomic mass is 14.8. The Morgan fingerprint density at radius 1 is 0.769 bits per heavy atom. The summed E-state index contributed by atoms with van der Waals surface area (Å²) in [6.45, 7) is 6.55. The molecule has 0 aromatic rings. The lowest BCUT2D eigenvalue weighted by atomic mass is 10.3. The van der Waals surface area contributed by atoms with Crippen LogP contribution >= 0.6 is 0 Å². The molecule has 0 radical (unpaired) electrons. The highest BCUT2D eigenvalue weighted by Crippen LogP contribution is 1.86. The Kier molecular flexibility index (Phi) is 10.9. The van der Waals surface area contributed by atoms with Gasteiger partial charge in [-0.15, -0.1) is 0 Å². The van der Waals surface area contributed by atoms with Gasteiger partial charge < -0.3 is 5.32 Å². The molecule has 0 spiro atoms. The van der Waals surface area contributed by atoms with Crippen molar-refractivity contribution in [2.24, 2.45) is 0 Å². The summed E-state index contributed by atoms with van der Waals surface area (Å²) in [6.07, 6.45) is 13.6. The first-order valence-corrected chi connectivity index (χ1v) is 5.42. The van der Waals surface area contributed by atoms with Gasteiger partial charge in [-0.25, -0.2) is 0 Å². The van der Waals surface area contributed by atoms with Crippen molar-refractivity contribution in [3.8, 4) is 0 Å². The number of nitrogens with one attached hydrogen (secondary N) is 1. The summed E-state index contributed by atoms with van der Waals surface area (Å²) >= 11 is 0. The van der Waals surface area contributed by atoms with Gasteiger partial charge in [0.2, 0.25) is 0 Å². The predicted molar refractivity (Wildman–Crippen MR) is 61.0 cm³/mol. The molecule has 0 aliphatic rings. The van der Waals surface area contributed by atoms with Crippen LogP contribution in [0.25, 0.3) is 0 Å². The average molecular weight is 181 g/mol. The Morgan fingerprint density at radius 2 is 1.23 bits per heavy atom. The highest BCUT2D eigenvalue weighted by molar-refractivity contribution is 4.82. The molecule has 0 bridgehead atoms. The van der Waals surface area contributed by atoms with Crippen molar-refractivity contribution in [2.75, 3.05) is 13.1 Å². The van der Waals surface area contributed by atoms with E-state index in [1.165, 1.54) is 0 Å². The normalized spacial score (nSPS) is 11.8. The van der Waals surface area contributed by atoms with Gasteiger partial charge in [0.25, 0.3) is 0 Å². The van der Waals surface area contributed by atoms with E-state index in [1.54, 1.807) is 0 Å². The lowest BCUT2D eigenvalue weighted by molar-refractivity contribution is 0.696. The van der Waals surface area contributed by atoms with Crippen molar-refractivity contribution in [1.29, 1.82) is 0 Å². The maximum Gasteiger partial charge on any atom is -0.00141 e. The van der Waals surface area contributed by atoms with E-state index in [0.29, 0.717) is 0 Å². The Balaban J connectivity index is 2.99. The average Bonchev–Trinajstić information content (AvgIpc) is 2.16. The highest BCUT2D eigenvalue weighted by Gasteiger charge is 1.82. The molecule has 0 aromatic heterocycles.